The van der Waals surface area contributed by atoms with Gasteiger partial charge in [0.25, 0.3) is 0 Å². The number of benzene rings is 1. The van der Waals surface area contributed by atoms with Crippen LogP contribution in [0.2, 0.25) is 5.02 Å². The summed E-state index contributed by atoms with van der Waals surface area (Å²) < 4.78 is 0. The minimum Gasteiger partial charge on any atom is -0.389 e. The molecule has 0 aliphatic carbocycles. The van der Waals surface area contributed by atoms with Crippen LogP contribution >= 0.6 is 11.6 Å². The van der Waals surface area contributed by atoms with E-state index in [1.54, 1.807) is 17.9 Å². The molecule has 1 heterocycles. The lowest BCUT2D eigenvalue weighted by Crippen LogP contribution is -2.62. The SMILES string of the molecule is CC(O)c1ccc(N2CCN(C)C(=O)C2(C)C)c(Cl)c1. The number of hydrogen-bond acceptors (Lipinski definition) is 3. The molecule has 1 aliphatic rings. The number of amides is 1. The van der Waals surface area contributed by atoms with E-state index in [4.69, 9.17) is 11.6 Å². The lowest BCUT2D eigenvalue weighted by atomic mass is 9.96. The number of hydrogen-bond donors (Lipinski definition) is 1. The van der Waals surface area contributed by atoms with Gasteiger partial charge in [-0.1, -0.05) is 17.7 Å². The zero-order valence-electron chi connectivity index (χ0n) is 12.4. The first-order chi connectivity index (χ1) is 9.25. The van der Waals surface area contributed by atoms with Crippen molar-refractivity contribution in [3.8, 4) is 0 Å². The Morgan fingerprint density at radius 1 is 1.35 bits per heavy atom. The number of aliphatic hydroxyl groups is 1. The molecule has 1 aromatic carbocycles. The molecule has 1 unspecified atom stereocenters. The minimum absolute atomic E-state index is 0.0828. The van der Waals surface area contributed by atoms with E-state index in [0.29, 0.717) is 11.6 Å². The number of anilines is 1. The highest BCUT2D eigenvalue weighted by Crippen LogP contribution is 2.35. The van der Waals surface area contributed by atoms with Gasteiger partial charge in [-0.25, -0.2) is 0 Å². The normalized spacial score (nSPS) is 20.2. The van der Waals surface area contributed by atoms with Crippen LogP contribution in [0.4, 0.5) is 5.69 Å². The number of carbonyl (C=O) groups is 1. The molecule has 0 radical (unpaired) electrons. The molecule has 4 nitrogen and oxygen atoms in total. The van der Waals surface area contributed by atoms with Crippen LogP contribution in [0.15, 0.2) is 18.2 Å². The van der Waals surface area contributed by atoms with Crippen molar-refractivity contribution in [2.75, 3.05) is 25.0 Å². The van der Waals surface area contributed by atoms with Crippen LogP contribution in [-0.4, -0.2) is 41.6 Å². The number of nitrogens with zero attached hydrogens (tertiary/aromatic N) is 2. The number of piperazine rings is 1. The molecule has 0 aromatic heterocycles. The zero-order valence-corrected chi connectivity index (χ0v) is 13.1. The Morgan fingerprint density at radius 3 is 2.55 bits per heavy atom. The monoisotopic (exact) mass is 296 g/mol. The van der Waals surface area contributed by atoms with E-state index < -0.39 is 11.6 Å². The van der Waals surface area contributed by atoms with E-state index in [-0.39, 0.29) is 5.91 Å². The average molecular weight is 297 g/mol. The van der Waals surface area contributed by atoms with Crippen LogP contribution in [0.3, 0.4) is 0 Å². The first kappa shape index (κ1) is 15.1. The molecule has 20 heavy (non-hydrogen) atoms. The molecule has 1 aliphatic heterocycles. The summed E-state index contributed by atoms with van der Waals surface area (Å²) >= 11 is 6.34. The number of rotatable bonds is 2. The molecular formula is C15H21ClN2O2. The maximum Gasteiger partial charge on any atom is 0.247 e. The van der Waals surface area contributed by atoms with Gasteiger partial charge >= 0.3 is 0 Å². The Hall–Kier alpha value is -1.26. The minimum atomic E-state index is -0.622. The molecule has 1 saturated heterocycles. The Kier molecular flexibility index (Phi) is 3.98. The summed E-state index contributed by atoms with van der Waals surface area (Å²) in [4.78, 5) is 16.1. The van der Waals surface area contributed by atoms with Crippen molar-refractivity contribution >= 4 is 23.2 Å². The molecule has 2 rings (SSSR count). The van der Waals surface area contributed by atoms with Crippen LogP contribution in [-0.2, 0) is 4.79 Å². The molecule has 5 heteroatoms. The molecule has 0 bridgehead atoms. The van der Waals surface area contributed by atoms with Crippen molar-refractivity contribution in [1.82, 2.24) is 4.90 Å². The summed E-state index contributed by atoms with van der Waals surface area (Å²) in [6, 6.07) is 5.50. The van der Waals surface area contributed by atoms with E-state index in [9.17, 15) is 9.90 Å². The molecule has 110 valence electrons. The van der Waals surface area contributed by atoms with Gasteiger partial charge in [-0.05, 0) is 38.5 Å². The molecule has 1 N–H and O–H groups in total. The first-order valence-electron chi connectivity index (χ1n) is 6.76. The van der Waals surface area contributed by atoms with Gasteiger partial charge in [-0.15, -0.1) is 0 Å². The Balaban J connectivity index is 2.39. The Bertz CT molecular complexity index is 529. The van der Waals surface area contributed by atoms with E-state index in [0.717, 1.165) is 17.8 Å². The summed E-state index contributed by atoms with van der Waals surface area (Å²) in [6.07, 6.45) is -0.552. The second kappa shape index (κ2) is 5.26. The standard InChI is InChI=1S/C15H21ClN2O2/c1-10(19)11-5-6-13(12(16)9-11)18-8-7-17(4)14(20)15(18,2)3/h5-6,9-10,19H,7-8H2,1-4H3. The second-order valence-corrected chi connectivity index (χ2v) is 6.23. The maximum absolute atomic E-state index is 12.3. The fraction of sp³-hybridized carbons (Fsp3) is 0.533. The second-order valence-electron chi connectivity index (χ2n) is 5.82. The summed E-state index contributed by atoms with van der Waals surface area (Å²) in [5.74, 6) is 0.0828. The third kappa shape index (κ3) is 2.50. The molecule has 1 amide bonds. The van der Waals surface area contributed by atoms with Crippen LogP contribution in [0, 0.1) is 0 Å². The highest BCUT2D eigenvalue weighted by atomic mass is 35.5. The number of carbonyl (C=O) groups excluding carboxylic acids is 1. The van der Waals surface area contributed by atoms with Gasteiger partial charge in [0.1, 0.15) is 5.54 Å². The van der Waals surface area contributed by atoms with Crippen molar-refractivity contribution in [2.24, 2.45) is 0 Å². The van der Waals surface area contributed by atoms with Gasteiger partial charge in [0.2, 0.25) is 5.91 Å². The fourth-order valence-corrected chi connectivity index (χ4v) is 2.93. The summed E-state index contributed by atoms with van der Waals surface area (Å²) in [7, 11) is 1.82. The van der Waals surface area contributed by atoms with Crippen LogP contribution in [0.1, 0.15) is 32.4 Å². The molecule has 0 spiro atoms. The van der Waals surface area contributed by atoms with E-state index in [1.807, 2.05) is 37.9 Å². The lowest BCUT2D eigenvalue weighted by molar-refractivity contribution is -0.136. The van der Waals surface area contributed by atoms with Crippen LogP contribution in [0.5, 0.6) is 0 Å². The zero-order chi connectivity index (χ0) is 15.1. The molecule has 1 fully saturated rings. The van der Waals surface area contributed by atoms with Crippen molar-refractivity contribution in [3.05, 3.63) is 28.8 Å². The number of likely N-dealkylation sites (N-methyl/N-ethyl adjacent to an activating group) is 1. The number of aliphatic hydroxyl groups excluding tert-OH is 1. The first-order valence-corrected chi connectivity index (χ1v) is 7.13. The quantitative estimate of drug-likeness (QED) is 0.912. The largest absolute Gasteiger partial charge is 0.389 e. The Labute approximate surface area is 124 Å². The molecule has 1 atom stereocenters. The van der Waals surface area contributed by atoms with Crippen molar-refractivity contribution in [3.63, 3.8) is 0 Å². The smallest absolute Gasteiger partial charge is 0.247 e. The fourth-order valence-electron chi connectivity index (χ4n) is 2.64. The van der Waals surface area contributed by atoms with Crippen molar-refractivity contribution in [1.29, 1.82) is 0 Å². The molecule has 1 aromatic rings. The third-order valence-electron chi connectivity index (χ3n) is 3.95. The predicted molar refractivity (Wildman–Crippen MR) is 81.1 cm³/mol. The van der Waals surface area contributed by atoms with Crippen LogP contribution < -0.4 is 4.90 Å². The van der Waals surface area contributed by atoms with Gasteiger partial charge in [0.15, 0.2) is 0 Å². The van der Waals surface area contributed by atoms with Gasteiger partial charge in [0, 0.05) is 20.1 Å². The average Bonchev–Trinajstić information content (AvgIpc) is 2.37. The van der Waals surface area contributed by atoms with Crippen LogP contribution in [0.25, 0.3) is 0 Å². The molecule has 0 saturated carbocycles. The van der Waals surface area contributed by atoms with E-state index in [2.05, 4.69) is 0 Å². The maximum atomic E-state index is 12.3. The van der Waals surface area contributed by atoms with Crippen molar-refractivity contribution < 1.29 is 9.90 Å². The Morgan fingerprint density at radius 2 is 2.00 bits per heavy atom. The van der Waals surface area contributed by atoms with E-state index >= 15 is 0 Å². The molecular weight excluding hydrogens is 276 g/mol. The van der Waals surface area contributed by atoms with Gasteiger partial charge in [0.05, 0.1) is 16.8 Å². The highest BCUT2D eigenvalue weighted by Gasteiger charge is 2.41. The van der Waals surface area contributed by atoms with Gasteiger partial charge < -0.3 is 14.9 Å². The number of halogens is 1. The third-order valence-corrected chi connectivity index (χ3v) is 4.25. The summed E-state index contributed by atoms with van der Waals surface area (Å²) in [6.45, 7) is 6.93. The lowest BCUT2D eigenvalue weighted by Gasteiger charge is -2.46. The van der Waals surface area contributed by atoms with Crippen molar-refractivity contribution in [2.45, 2.75) is 32.4 Å². The van der Waals surface area contributed by atoms with Gasteiger partial charge in [-0.2, -0.15) is 0 Å². The highest BCUT2D eigenvalue weighted by molar-refractivity contribution is 6.33. The predicted octanol–water partition coefficient (Wildman–Crippen LogP) is 2.45. The summed E-state index contributed by atoms with van der Waals surface area (Å²) in [5, 5.41) is 10.2. The van der Waals surface area contributed by atoms with E-state index in [1.165, 1.54) is 0 Å². The van der Waals surface area contributed by atoms with Gasteiger partial charge in [-0.3, -0.25) is 4.79 Å². The summed E-state index contributed by atoms with van der Waals surface area (Å²) in [5.41, 5.74) is 0.989. The topological polar surface area (TPSA) is 43.8 Å².